The number of alkyl halides is 5. The zero-order valence-electron chi connectivity index (χ0n) is 9.28. The van der Waals surface area contributed by atoms with E-state index in [1.54, 1.807) is 0 Å². The van der Waals surface area contributed by atoms with Crippen molar-refractivity contribution < 1.29 is 30.9 Å². The molecule has 2 N–H and O–H groups in total. The lowest BCUT2D eigenvalue weighted by Crippen LogP contribution is -2.20. The zero-order valence-corrected chi connectivity index (χ0v) is 11.6. The van der Waals surface area contributed by atoms with E-state index in [9.17, 15) is 26.4 Å². The van der Waals surface area contributed by atoms with Crippen molar-refractivity contribution in [3.63, 3.8) is 0 Å². The lowest BCUT2D eigenvalue weighted by molar-refractivity contribution is -0.137. The Morgan fingerprint density at radius 3 is 2.25 bits per heavy atom. The van der Waals surface area contributed by atoms with Crippen LogP contribution in [0.2, 0.25) is 0 Å². The molecule has 0 atom stereocenters. The summed E-state index contributed by atoms with van der Waals surface area (Å²) in [5.74, 6) is -1.06. The molecule has 112 valence electrons. The van der Waals surface area contributed by atoms with Crippen molar-refractivity contribution in [3.05, 3.63) is 23.8 Å². The SMILES string of the molecule is O=C(Nc1ccc(C(F)(F)F)cc1S(=O)(=O)O)C(Cl)Cl. The van der Waals surface area contributed by atoms with Gasteiger partial charge in [0.05, 0.1) is 11.3 Å². The van der Waals surface area contributed by atoms with E-state index in [1.807, 2.05) is 5.32 Å². The van der Waals surface area contributed by atoms with Gasteiger partial charge in [-0.3, -0.25) is 9.35 Å². The van der Waals surface area contributed by atoms with Gasteiger partial charge in [-0.1, -0.05) is 23.2 Å². The van der Waals surface area contributed by atoms with E-state index in [2.05, 4.69) is 0 Å². The summed E-state index contributed by atoms with van der Waals surface area (Å²) in [4.78, 5) is 8.52. The molecule has 1 rings (SSSR count). The van der Waals surface area contributed by atoms with Gasteiger partial charge in [-0.05, 0) is 18.2 Å². The van der Waals surface area contributed by atoms with Crippen LogP contribution in [0, 0.1) is 0 Å². The molecule has 0 aliphatic carbocycles. The molecule has 1 amide bonds. The molecule has 0 unspecified atom stereocenters. The van der Waals surface area contributed by atoms with Gasteiger partial charge in [-0.15, -0.1) is 0 Å². The smallest absolute Gasteiger partial charge is 0.322 e. The van der Waals surface area contributed by atoms with Gasteiger partial charge < -0.3 is 5.32 Å². The third-order valence-electron chi connectivity index (χ3n) is 2.04. The molecule has 0 aliphatic heterocycles. The van der Waals surface area contributed by atoms with Crippen LogP contribution in [0.3, 0.4) is 0 Å². The van der Waals surface area contributed by atoms with Crippen LogP contribution in [0.5, 0.6) is 0 Å². The Labute approximate surface area is 121 Å². The number of rotatable bonds is 3. The highest BCUT2D eigenvalue weighted by Gasteiger charge is 2.33. The molecule has 11 heteroatoms. The molecule has 1 aromatic carbocycles. The minimum Gasteiger partial charge on any atom is -0.322 e. The number of hydrogen-bond donors (Lipinski definition) is 2. The molecule has 0 saturated carbocycles. The molecule has 0 aliphatic rings. The Morgan fingerprint density at radius 1 is 1.30 bits per heavy atom. The highest BCUT2D eigenvalue weighted by atomic mass is 35.5. The van der Waals surface area contributed by atoms with Gasteiger partial charge in [0, 0.05) is 0 Å². The monoisotopic (exact) mass is 351 g/mol. The van der Waals surface area contributed by atoms with Gasteiger partial charge in [0.15, 0.2) is 4.84 Å². The molecule has 0 fully saturated rings. The van der Waals surface area contributed by atoms with Gasteiger partial charge in [0.25, 0.3) is 16.0 Å². The van der Waals surface area contributed by atoms with E-state index in [0.717, 1.165) is 0 Å². The molecule has 0 bridgehead atoms. The van der Waals surface area contributed by atoms with E-state index in [1.165, 1.54) is 0 Å². The summed E-state index contributed by atoms with van der Waals surface area (Å²) >= 11 is 10.4. The standard InChI is InChI=1S/C9H6Cl2F3NO4S/c10-7(11)8(16)15-5-2-1-4(9(12,13)14)3-6(5)20(17,18)19/h1-3,7H,(H,15,16)(H,17,18,19). The molecule has 5 nitrogen and oxygen atoms in total. The lowest BCUT2D eigenvalue weighted by Gasteiger charge is -2.13. The maximum atomic E-state index is 12.5. The van der Waals surface area contributed by atoms with Crippen LogP contribution < -0.4 is 5.32 Å². The second-order valence-corrected chi connectivity index (χ2v) is 5.96. The van der Waals surface area contributed by atoms with Crippen LogP contribution in [0.25, 0.3) is 0 Å². The second-order valence-electron chi connectivity index (χ2n) is 3.47. The van der Waals surface area contributed by atoms with Crippen LogP contribution in [0.1, 0.15) is 5.56 Å². The maximum absolute atomic E-state index is 12.5. The predicted octanol–water partition coefficient (Wildman–Crippen LogP) is 2.69. The first-order valence-electron chi connectivity index (χ1n) is 4.70. The summed E-state index contributed by atoms with van der Waals surface area (Å²) in [6, 6.07) is 1.38. The Kier molecular flexibility index (Phi) is 4.90. The van der Waals surface area contributed by atoms with Gasteiger partial charge in [0.1, 0.15) is 4.90 Å². The normalized spacial score (nSPS) is 12.6. The molecule has 0 radical (unpaired) electrons. The third-order valence-corrected chi connectivity index (χ3v) is 3.33. The average Bonchev–Trinajstić information content (AvgIpc) is 2.26. The summed E-state index contributed by atoms with van der Waals surface area (Å²) in [5.41, 5.74) is -1.88. The lowest BCUT2D eigenvalue weighted by atomic mass is 10.2. The number of benzene rings is 1. The highest BCUT2D eigenvalue weighted by molar-refractivity contribution is 7.86. The topological polar surface area (TPSA) is 83.5 Å². The van der Waals surface area contributed by atoms with Crippen LogP contribution in [-0.4, -0.2) is 23.7 Å². The van der Waals surface area contributed by atoms with Crippen molar-refractivity contribution in [1.29, 1.82) is 0 Å². The van der Waals surface area contributed by atoms with Crippen LogP contribution in [0.4, 0.5) is 18.9 Å². The number of carbonyl (C=O) groups is 1. The van der Waals surface area contributed by atoms with Gasteiger partial charge in [-0.25, -0.2) is 0 Å². The fraction of sp³-hybridized carbons (Fsp3) is 0.222. The van der Waals surface area contributed by atoms with Crippen molar-refractivity contribution >= 4 is 44.9 Å². The summed E-state index contributed by atoms with van der Waals surface area (Å²) in [6.45, 7) is 0. The number of carbonyl (C=O) groups excluding carboxylic acids is 1. The van der Waals surface area contributed by atoms with E-state index in [-0.39, 0.29) is 6.07 Å². The Morgan fingerprint density at radius 2 is 1.85 bits per heavy atom. The first-order chi connectivity index (χ1) is 8.93. The molecule has 0 saturated heterocycles. The molecule has 0 heterocycles. The Bertz CT molecular complexity index is 631. The fourth-order valence-electron chi connectivity index (χ4n) is 1.20. The van der Waals surface area contributed by atoms with Crippen LogP contribution in [-0.2, 0) is 21.1 Å². The molecular weight excluding hydrogens is 346 g/mol. The predicted molar refractivity (Wildman–Crippen MR) is 65.4 cm³/mol. The van der Waals surface area contributed by atoms with Gasteiger partial charge >= 0.3 is 6.18 Å². The van der Waals surface area contributed by atoms with Gasteiger partial charge in [-0.2, -0.15) is 21.6 Å². The molecule has 0 aromatic heterocycles. The highest BCUT2D eigenvalue weighted by Crippen LogP contribution is 2.33. The summed E-state index contributed by atoms with van der Waals surface area (Å²) < 4.78 is 68.4. The van der Waals surface area contributed by atoms with Crippen LogP contribution in [0.15, 0.2) is 23.1 Å². The van der Waals surface area contributed by atoms with Crippen molar-refractivity contribution in [2.75, 3.05) is 5.32 Å². The number of hydrogen-bond acceptors (Lipinski definition) is 3. The Hall–Kier alpha value is -1.03. The fourth-order valence-corrected chi connectivity index (χ4v) is 1.98. The van der Waals surface area contributed by atoms with E-state index < -0.39 is 43.2 Å². The molecule has 1 aromatic rings. The number of amides is 1. The van der Waals surface area contributed by atoms with Crippen LogP contribution >= 0.6 is 23.2 Å². The van der Waals surface area contributed by atoms with Crippen molar-refractivity contribution in [2.24, 2.45) is 0 Å². The number of anilines is 1. The molecular formula is C9H6Cl2F3NO4S. The largest absolute Gasteiger partial charge is 0.416 e. The summed E-state index contributed by atoms with van der Waals surface area (Å²) in [5, 5.41) is 1.89. The van der Waals surface area contributed by atoms with Crippen molar-refractivity contribution in [2.45, 2.75) is 15.9 Å². The average molecular weight is 352 g/mol. The number of halogens is 5. The Balaban J connectivity index is 3.36. The minimum absolute atomic E-state index is 0.183. The maximum Gasteiger partial charge on any atom is 0.416 e. The summed E-state index contributed by atoms with van der Waals surface area (Å²) in [6.07, 6.45) is -4.82. The third kappa shape index (κ3) is 4.23. The quantitative estimate of drug-likeness (QED) is 0.647. The van der Waals surface area contributed by atoms with Crippen molar-refractivity contribution in [3.8, 4) is 0 Å². The first-order valence-corrected chi connectivity index (χ1v) is 7.02. The molecule has 0 spiro atoms. The van der Waals surface area contributed by atoms with E-state index in [0.29, 0.717) is 12.1 Å². The zero-order chi connectivity index (χ0) is 15.7. The van der Waals surface area contributed by atoms with E-state index >= 15 is 0 Å². The number of nitrogens with one attached hydrogen (secondary N) is 1. The van der Waals surface area contributed by atoms with Crippen molar-refractivity contribution in [1.82, 2.24) is 0 Å². The summed E-state index contributed by atoms with van der Waals surface area (Å²) in [7, 11) is -4.99. The first kappa shape index (κ1) is 17.0. The van der Waals surface area contributed by atoms with E-state index in [4.69, 9.17) is 27.8 Å². The minimum atomic E-state index is -4.99. The van der Waals surface area contributed by atoms with Gasteiger partial charge in [0.2, 0.25) is 0 Å². The second kappa shape index (κ2) is 5.76. The molecule has 20 heavy (non-hydrogen) atoms.